The zero-order chi connectivity index (χ0) is 13.3. The molecular weight excluding hydrogens is 248 g/mol. The third kappa shape index (κ3) is 2.43. The van der Waals surface area contributed by atoms with Crippen LogP contribution in [0.4, 0.5) is 0 Å². The second kappa shape index (κ2) is 5.62. The molecule has 1 aliphatic rings. The summed E-state index contributed by atoms with van der Waals surface area (Å²) >= 11 is 6.43. The molecule has 4 heteroatoms. The highest BCUT2D eigenvalue weighted by Gasteiger charge is 2.32. The number of nitrogens with zero attached hydrogens (tertiary/aromatic N) is 2. The first-order valence-corrected chi connectivity index (χ1v) is 7.38. The average Bonchev–Trinajstić information content (AvgIpc) is 2.85. The van der Waals surface area contributed by atoms with Gasteiger partial charge in [0.15, 0.2) is 0 Å². The van der Waals surface area contributed by atoms with E-state index >= 15 is 0 Å². The standard InChI is InChI=1S/C14H23ClN2O/c1-4-11-14(15)12(17(5-2)16-11)8-10-6-7-13(18)9(10)3/h9-10,13,18H,4-8H2,1-3H3. The number of aliphatic hydroxyl groups is 1. The quantitative estimate of drug-likeness (QED) is 0.913. The lowest BCUT2D eigenvalue weighted by molar-refractivity contribution is 0.127. The van der Waals surface area contributed by atoms with Crippen LogP contribution in [0.5, 0.6) is 0 Å². The Labute approximate surface area is 114 Å². The van der Waals surface area contributed by atoms with Crippen molar-refractivity contribution in [3.8, 4) is 0 Å². The zero-order valence-electron chi connectivity index (χ0n) is 11.5. The Morgan fingerprint density at radius 2 is 2.11 bits per heavy atom. The topological polar surface area (TPSA) is 38.0 Å². The molecule has 1 heterocycles. The maximum Gasteiger partial charge on any atom is 0.0849 e. The van der Waals surface area contributed by atoms with Gasteiger partial charge in [-0.25, -0.2) is 0 Å². The summed E-state index contributed by atoms with van der Waals surface area (Å²) < 4.78 is 2.03. The highest BCUT2D eigenvalue weighted by atomic mass is 35.5. The van der Waals surface area contributed by atoms with Crippen LogP contribution in [0.25, 0.3) is 0 Å². The van der Waals surface area contributed by atoms with Gasteiger partial charge in [0, 0.05) is 6.54 Å². The fourth-order valence-corrected chi connectivity index (χ4v) is 3.32. The number of rotatable bonds is 4. The Morgan fingerprint density at radius 3 is 2.61 bits per heavy atom. The summed E-state index contributed by atoms with van der Waals surface area (Å²) in [6.07, 6.45) is 3.69. The number of aliphatic hydroxyl groups excluding tert-OH is 1. The first kappa shape index (κ1) is 13.9. The van der Waals surface area contributed by atoms with Crippen LogP contribution < -0.4 is 0 Å². The van der Waals surface area contributed by atoms with Crippen LogP contribution >= 0.6 is 11.6 Å². The van der Waals surface area contributed by atoms with Crippen molar-refractivity contribution in [2.75, 3.05) is 0 Å². The van der Waals surface area contributed by atoms with Gasteiger partial charge in [-0.1, -0.05) is 25.4 Å². The van der Waals surface area contributed by atoms with Crippen molar-refractivity contribution in [2.45, 2.75) is 59.1 Å². The van der Waals surface area contributed by atoms with E-state index < -0.39 is 0 Å². The van der Waals surface area contributed by atoms with Crippen molar-refractivity contribution in [3.05, 3.63) is 16.4 Å². The second-order valence-corrected chi connectivity index (χ2v) is 5.72. The molecule has 1 aromatic heterocycles. The van der Waals surface area contributed by atoms with E-state index in [4.69, 9.17) is 11.6 Å². The molecule has 0 amide bonds. The highest BCUT2D eigenvalue weighted by molar-refractivity contribution is 6.31. The van der Waals surface area contributed by atoms with Crippen molar-refractivity contribution in [2.24, 2.45) is 11.8 Å². The van der Waals surface area contributed by atoms with Gasteiger partial charge >= 0.3 is 0 Å². The van der Waals surface area contributed by atoms with Gasteiger partial charge in [-0.05, 0) is 44.4 Å². The van der Waals surface area contributed by atoms with Crippen molar-refractivity contribution < 1.29 is 5.11 Å². The number of halogens is 1. The van der Waals surface area contributed by atoms with Crippen LogP contribution in [-0.2, 0) is 19.4 Å². The van der Waals surface area contributed by atoms with E-state index in [9.17, 15) is 5.11 Å². The molecule has 18 heavy (non-hydrogen) atoms. The Balaban J connectivity index is 2.20. The van der Waals surface area contributed by atoms with Gasteiger partial charge in [0.05, 0.1) is 22.5 Å². The molecule has 0 bridgehead atoms. The predicted molar refractivity (Wildman–Crippen MR) is 73.9 cm³/mol. The molecule has 1 N–H and O–H groups in total. The van der Waals surface area contributed by atoms with E-state index in [0.717, 1.165) is 48.6 Å². The minimum Gasteiger partial charge on any atom is -0.393 e. The van der Waals surface area contributed by atoms with Gasteiger partial charge in [0.2, 0.25) is 0 Å². The summed E-state index contributed by atoms with van der Waals surface area (Å²) in [5.74, 6) is 0.899. The lowest BCUT2D eigenvalue weighted by Gasteiger charge is -2.18. The first-order valence-electron chi connectivity index (χ1n) is 7.00. The summed E-state index contributed by atoms with van der Waals surface area (Å²) in [5.41, 5.74) is 2.15. The molecule has 1 aromatic rings. The minimum absolute atomic E-state index is 0.141. The van der Waals surface area contributed by atoms with Gasteiger partial charge in [-0.15, -0.1) is 0 Å². The zero-order valence-corrected chi connectivity index (χ0v) is 12.2. The molecule has 3 unspecified atom stereocenters. The Hall–Kier alpha value is -0.540. The second-order valence-electron chi connectivity index (χ2n) is 5.34. The lowest BCUT2D eigenvalue weighted by Crippen LogP contribution is -2.18. The van der Waals surface area contributed by atoms with E-state index in [2.05, 4.69) is 25.9 Å². The van der Waals surface area contributed by atoms with E-state index in [0.29, 0.717) is 11.8 Å². The molecule has 0 saturated heterocycles. The molecule has 1 aliphatic carbocycles. The third-order valence-electron chi connectivity index (χ3n) is 4.33. The molecule has 0 aromatic carbocycles. The van der Waals surface area contributed by atoms with E-state index in [-0.39, 0.29) is 6.10 Å². The summed E-state index contributed by atoms with van der Waals surface area (Å²) in [7, 11) is 0. The van der Waals surface area contributed by atoms with Crippen molar-refractivity contribution in [1.82, 2.24) is 9.78 Å². The molecule has 102 valence electrons. The maximum atomic E-state index is 9.84. The highest BCUT2D eigenvalue weighted by Crippen LogP contribution is 2.36. The van der Waals surface area contributed by atoms with Crippen LogP contribution in [-0.4, -0.2) is 21.0 Å². The molecule has 0 spiro atoms. The Kier molecular flexibility index (Phi) is 4.33. The molecule has 0 aliphatic heterocycles. The van der Waals surface area contributed by atoms with Crippen molar-refractivity contribution >= 4 is 11.6 Å². The number of aryl methyl sites for hydroxylation is 2. The molecule has 0 radical (unpaired) electrons. The van der Waals surface area contributed by atoms with Gasteiger partial charge in [-0.3, -0.25) is 4.68 Å². The van der Waals surface area contributed by atoms with Gasteiger partial charge in [0.25, 0.3) is 0 Å². The SMILES string of the molecule is CCc1nn(CC)c(CC2CCC(O)C2C)c1Cl. The molecule has 3 atom stereocenters. The largest absolute Gasteiger partial charge is 0.393 e. The van der Waals surface area contributed by atoms with Gasteiger partial charge in [-0.2, -0.15) is 5.10 Å². The monoisotopic (exact) mass is 270 g/mol. The fourth-order valence-electron chi connectivity index (χ4n) is 2.97. The molecule has 3 nitrogen and oxygen atoms in total. The lowest BCUT2D eigenvalue weighted by atomic mass is 9.92. The van der Waals surface area contributed by atoms with Crippen molar-refractivity contribution in [1.29, 1.82) is 0 Å². The summed E-state index contributed by atoms with van der Waals surface area (Å²) in [4.78, 5) is 0. The Morgan fingerprint density at radius 1 is 1.39 bits per heavy atom. The molecular formula is C14H23ClN2O. The van der Waals surface area contributed by atoms with Crippen LogP contribution in [0.3, 0.4) is 0 Å². The van der Waals surface area contributed by atoms with Crippen molar-refractivity contribution in [3.63, 3.8) is 0 Å². The summed E-state index contributed by atoms with van der Waals surface area (Å²) in [6, 6.07) is 0. The first-order chi connectivity index (χ1) is 8.58. The van der Waals surface area contributed by atoms with E-state index in [1.807, 2.05) is 4.68 Å². The van der Waals surface area contributed by atoms with Gasteiger partial charge in [0.1, 0.15) is 0 Å². The maximum absolute atomic E-state index is 9.84. The van der Waals surface area contributed by atoms with Crippen LogP contribution in [0.1, 0.15) is 45.0 Å². The van der Waals surface area contributed by atoms with E-state index in [1.165, 1.54) is 0 Å². The third-order valence-corrected chi connectivity index (χ3v) is 4.77. The smallest absolute Gasteiger partial charge is 0.0849 e. The number of hydrogen-bond acceptors (Lipinski definition) is 2. The number of aromatic nitrogens is 2. The molecule has 1 saturated carbocycles. The Bertz CT molecular complexity index is 416. The van der Waals surface area contributed by atoms with Gasteiger partial charge < -0.3 is 5.11 Å². The molecule has 1 fully saturated rings. The van der Waals surface area contributed by atoms with Crippen LogP contribution in [0, 0.1) is 11.8 Å². The normalized spacial score (nSPS) is 27.9. The predicted octanol–water partition coefficient (Wildman–Crippen LogP) is 3.07. The van der Waals surface area contributed by atoms with Crippen LogP contribution in [0.2, 0.25) is 5.02 Å². The summed E-state index contributed by atoms with van der Waals surface area (Å²) in [6.45, 7) is 7.18. The summed E-state index contributed by atoms with van der Waals surface area (Å²) in [5, 5.41) is 15.2. The fraction of sp³-hybridized carbons (Fsp3) is 0.786. The molecule has 2 rings (SSSR count). The average molecular weight is 271 g/mol. The number of hydrogen-bond donors (Lipinski definition) is 1. The minimum atomic E-state index is -0.141. The van der Waals surface area contributed by atoms with E-state index in [1.54, 1.807) is 0 Å². The van der Waals surface area contributed by atoms with Crippen LogP contribution in [0.15, 0.2) is 0 Å².